The number of hydrogen-bond acceptors (Lipinski definition) is 7. The monoisotopic (exact) mass is 616 g/mol. The minimum Gasteiger partial charge on any atom is -0.549 e. The molecule has 0 saturated heterocycles. The van der Waals surface area contributed by atoms with Crippen LogP contribution in [0.15, 0.2) is 108 Å². The quantitative estimate of drug-likeness (QED) is 0.197. The van der Waals surface area contributed by atoms with Crippen molar-refractivity contribution in [2.75, 3.05) is 12.4 Å². The van der Waals surface area contributed by atoms with Gasteiger partial charge in [-0.05, 0) is 42.5 Å². The molecule has 0 unspecified atom stereocenters. The fourth-order valence-corrected chi connectivity index (χ4v) is 5.29. The summed E-state index contributed by atoms with van der Waals surface area (Å²) in [6.45, 7) is 2.20. The average molecular weight is 617 g/mol. The number of carbonyl (C=O) groups excluding carboxylic acids is 2. The summed E-state index contributed by atoms with van der Waals surface area (Å²) >= 11 is 5.86. The van der Waals surface area contributed by atoms with E-state index in [-0.39, 0.29) is 35.7 Å². The first-order chi connectivity index (χ1) is 20.9. The number of nitrogens with one attached hydrogen (secondary N) is 1. The van der Waals surface area contributed by atoms with E-state index in [0.29, 0.717) is 30.1 Å². The standard InChI is InChI=1S/C26H22N2O3.C9H9ClO2.Na/c1-27-23-22(19-5-3-2-4-6-19)28-31-24(23)20-9-7-17(8-10-20)18-11-13-21(14-12-18)26(15-16-26)25(29)30;1-7(12-6-11)8-4-2-3-5-9(8)10;/h2-14,27H,15-16H2,1H3,(H,29,30);2-7H,1H3;/q;;+1/p-1/t;7-;/m.1./s1. The van der Waals surface area contributed by atoms with Gasteiger partial charge in [-0.25, -0.2) is 0 Å². The van der Waals surface area contributed by atoms with Crippen LogP contribution in [0.3, 0.4) is 0 Å². The molecule has 0 aliphatic heterocycles. The van der Waals surface area contributed by atoms with Crippen LogP contribution in [-0.4, -0.2) is 24.6 Å². The summed E-state index contributed by atoms with van der Waals surface area (Å²) in [5.41, 5.74) is 6.47. The second kappa shape index (κ2) is 14.7. The number of rotatable bonds is 9. The topological polar surface area (TPSA) is 104 Å². The number of hydrogen-bond donors (Lipinski definition) is 1. The van der Waals surface area contributed by atoms with E-state index in [4.69, 9.17) is 20.9 Å². The summed E-state index contributed by atoms with van der Waals surface area (Å²) in [6.07, 6.45) is 1.02. The third kappa shape index (κ3) is 7.08. The fourth-order valence-electron chi connectivity index (χ4n) is 5.00. The Morgan fingerprint density at radius 3 is 2.02 bits per heavy atom. The van der Waals surface area contributed by atoms with E-state index in [2.05, 4.69) is 10.5 Å². The van der Waals surface area contributed by atoms with E-state index < -0.39 is 11.4 Å². The van der Waals surface area contributed by atoms with Crippen LogP contribution >= 0.6 is 11.6 Å². The van der Waals surface area contributed by atoms with Crippen molar-refractivity contribution in [3.63, 3.8) is 0 Å². The van der Waals surface area contributed by atoms with Crippen LogP contribution in [0.4, 0.5) is 5.69 Å². The van der Waals surface area contributed by atoms with Crippen LogP contribution in [0.2, 0.25) is 5.02 Å². The number of ether oxygens (including phenoxy) is 1. The van der Waals surface area contributed by atoms with Crippen LogP contribution in [0.25, 0.3) is 33.7 Å². The predicted molar refractivity (Wildman–Crippen MR) is 165 cm³/mol. The number of aliphatic carboxylic acids is 1. The van der Waals surface area contributed by atoms with E-state index in [1.54, 1.807) is 13.0 Å². The van der Waals surface area contributed by atoms with Crippen molar-refractivity contribution < 1.29 is 53.5 Å². The molecule has 1 aromatic heterocycles. The molecular formula is C35H30ClN2NaO5. The van der Waals surface area contributed by atoms with Gasteiger partial charge in [0.15, 0.2) is 5.76 Å². The molecule has 1 heterocycles. The molecule has 5 aromatic rings. The maximum Gasteiger partial charge on any atom is 1.00 e. The van der Waals surface area contributed by atoms with Crippen LogP contribution < -0.4 is 40.0 Å². The van der Waals surface area contributed by atoms with E-state index in [1.807, 2.05) is 104 Å². The van der Waals surface area contributed by atoms with E-state index in [9.17, 15) is 14.7 Å². The van der Waals surface area contributed by atoms with Crippen molar-refractivity contribution in [2.45, 2.75) is 31.3 Å². The van der Waals surface area contributed by atoms with E-state index in [0.717, 1.165) is 44.8 Å². The third-order valence-electron chi connectivity index (χ3n) is 7.65. The normalized spacial score (nSPS) is 13.3. The molecular weight excluding hydrogens is 587 g/mol. The molecule has 0 bridgehead atoms. The van der Waals surface area contributed by atoms with Gasteiger partial charge in [-0.1, -0.05) is 114 Å². The maximum atomic E-state index is 11.4. The molecule has 7 nitrogen and oxygen atoms in total. The van der Waals surface area contributed by atoms with Crippen LogP contribution in [0, 0.1) is 0 Å². The molecule has 44 heavy (non-hydrogen) atoms. The van der Waals surface area contributed by atoms with Crippen molar-refractivity contribution in [3.8, 4) is 33.7 Å². The maximum absolute atomic E-state index is 11.4. The molecule has 9 heteroatoms. The summed E-state index contributed by atoms with van der Waals surface area (Å²) in [4.78, 5) is 21.5. The van der Waals surface area contributed by atoms with Crippen molar-refractivity contribution in [1.29, 1.82) is 0 Å². The SMILES string of the molecule is CNc1c(-c2ccccc2)noc1-c1ccc(-c2ccc(C3(C(=O)[O-])CC3)cc2)cc1.C[C@@H](OC=O)c1ccccc1Cl.[Na+]. The van der Waals surface area contributed by atoms with Gasteiger partial charge in [0, 0.05) is 34.2 Å². The van der Waals surface area contributed by atoms with Gasteiger partial charge < -0.3 is 24.5 Å². The van der Waals surface area contributed by atoms with Crippen molar-refractivity contribution in [1.82, 2.24) is 5.16 Å². The Labute approximate surface area is 283 Å². The van der Waals surface area contributed by atoms with Crippen molar-refractivity contribution >= 4 is 29.7 Å². The van der Waals surface area contributed by atoms with Gasteiger partial charge in [0.2, 0.25) is 0 Å². The molecule has 6 rings (SSSR count). The molecule has 0 radical (unpaired) electrons. The first-order valence-electron chi connectivity index (χ1n) is 13.9. The summed E-state index contributed by atoms with van der Waals surface area (Å²) in [6, 6.07) is 33.0. The Balaban J connectivity index is 0.000000288. The minimum absolute atomic E-state index is 0. The second-order valence-electron chi connectivity index (χ2n) is 10.3. The van der Waals surface area contributed by atoms with Gasteiger partial charge in [0.25, 0.3) is 6.47 Å². The Morgan fingerprint density at radius 1 is 0.909 bits per heavy atom. The van der Waals surface area contributed by atoms with Crippen LogP contribution in [-0.2, 0) is 19.7 Å². The molecule has 1 aliphatic carbocycles. The van der Waals surface area contributed by atoms with E-state index in [1.165, 1.54) is 0 Å². The van der Waals surface area contributed by atoms with Crippen LogP contribution in [0.1, 0.15) is 37.0 Å². The van der Waals surface area contributed by atoms with Crippen LogP contribution in [0.5, 0.6) is 0 Å². The second-order valence-corrected chi connectivity index (χ2v) is 10.7. The summed E-state index contributed by atoms with van der Waals surface area (Å²) in [5, 5.41) is 19.5. The van der Waals surface area contributed by atoms with Gasteiger partial charge in [-0.3, -0.25) is 4.79 Å². The zero-order chi connectivity index (χ0) is 30.4. The number of aromatic nitrogens is 1. The van der Waals surface area contributed by atoms with Crippen molar-refractivity contribution in [3.05, 3.63) is 119 Å². The van der Waals surface area contributed by atoms with E-state index >= 15 is 0 Å². The number of halogens is 1. The summed E-state index contributed by atoms with van der Waals surface area (Å²) in [7, 11) is 1.86. The number of carboxylic acids is 1. The zero-order valence-electron chi connectivity index (χ0n) is 24.8. The smallest absolute Gasteiger partial charge is 0.549 e. The Bertz CT molecular complexity index is 1700. The number of carbonyl (C=O) groups is 2. The van der Waals surface area contributed by atoms with Gasteiger partial charge >= 0.3 is 29.6 Å². The third-order valence-corrected chi connectivity index (χ3v) is 8.00. The Kier molecular flexibility index (Phi) is 11.1. The molecule has 1 saturated carbocycles. The Hall–Kier alpha value is -3.88. The molecule has 1 atom stereocenters. The van der Waals surface area contributed by atoms with Crippen molar-refractivity contribution in [2.24, 2.45) is 0 Å². The molecule has 1 N–H and O–H groups in total. The van der Waals surface area contributed by atoms with Gasteiger partial charge in [0.05, 0.1) is 5.97 Å². The fraction of sp³-hybridized carbons (Fsp3) is 0.171. The molecule has 0 spiro atoms. The number of nitrogens with zero attached hydrogens (tertiary/aromatic N) is 1. The summed E-state index contributed by atoms with van der Waals surface area (Å²) in [5.74, 6) is -0.292. The first-order valence-corrected chi connectivity index (χ1v) is 14.2. The molecule has 4 aromatic carbocycles. The summed E-state index contributed by atoms with van der Waals surface area (Å²) < 4.78 is 10.4. The van der Waals surface area contributed by atoms with Gasteiger partial charge in [-0.2, -0.15) is 0 Å². The Morgan fingerprint density at radius 2 is 1.48 bits per heavy atom. The molecule has 0 amide bonds. The number of benzene rings is 4. The predicted octanol–water partition coefficient (Wildman–Crippen LogP) is 4.08. The van der Waals surface area contributed by atoms with Gasteiger partial charge in [-0.15, -0.1) is 0 Å². The number of carboxylic acid groups (broad SMARTS) is 1. The van der Waals surface area contributed by atoms with Gasteiger partial charge in [0.1, 0.15) is 17.5 Å². The zero-order valence-corrected chi connectivity index (χ0v) is 27.5. The number of anilines is 1. The molecule has 1 aliphatic rings. The minimum atomic E-state index is -0.980. The largest absolute Gasteiger partial charge is 1.00 e. The average Bonchev–Trinajstić information content (AvgIpc) is 3.75. The first kappa shape index (κ1) is 33.0. The molecule has 1 fully saturated rings. The molecule has 218 valence electrons.